The number of ether oxygens (including phenoxy) is 1. The van der Waals surface area contributed by atoms with Crippen LogP contribution in [0.1, 0.15) is 44.6 Å². The van der Waals surface area contributed by atoms with Gasteiger partial charge in [-0.25, -0.2) is 0 Å². The molecule has 1 aromatic carbocycles. The van der Waals surface area contributed by atoms with Gasteiger partial charge in [-0.1, -0.05) is 44.2 Å². The molecule has 124 valence electrons. The summed E-state index contributed by atoms with van der Waals surface area (Å²) in [7, 11) is 0. The van der Waals surface area contributed by atoms with Crippen LogP contribution in [-0.2, 0) is 9.53 Å². The van der Waals surface area contributed by atoms with E-state index in [0.29, 0.717) is 35.7 Å². The van der Waals surface area contributed by atoms with Crippen LogP contribution in [0.4, 0.5) is 0 Å². The number of benzene rings is 1. The molecule has 2 atom stereocenters. The Labute approximate surface area is 142 Å². The number of carbonyl (C=O) groups excluding carboxylic acids is 1. The number of nitriles is 1. The number of Topliss-reactive ketones (excluding diaryl/α,β-unsaturated/α-hetero) is 1. The minimum atomic E-state index is -0.233. The Morgan fingerprint density at radius 2 is 2.00 bits per heavy atom. The summed E-state index contributed by atoms with van der Waals surface area (Å²) >= 11 is 0. The molecule has 0 amide bonds. The van der Waals surface area contributed by atoms with Crippen molar-refractivity contribution in [2.75, 3.05) is 0 Å². The molecule has 0 radical (unpaired) electrons. The molecule has 4 heteroatoms. The summed E-state index contributed by atoms with van der Waals surface area (Å²) in [5.74, 6) is 1.12. The van der Waals surface area contributed by atoms with Crippen LogP contribution in [0, 0.1) is 23.2 Å². The SMILES string of the molecule is CC(C)C[C@H]1C(C#N)=C(N)OC2=C1C(=O)C[C@H](c1ccccc1)C2. The lowest BCUT2D eigenvalue weighted by Crippen LogP contribution is -2.31. The minimum Gasteiger partial charge on any atom is -0.444 e. The number of ketones is 1. The first-order valence-electron chi connectivity index (χ1n) is 8.40. The van der Waals surface area contributed by atoms with Crippen molar-refractivity contribution in [2.45, 2.75) is 39.0 Å². The Balaban J connectivity index is 1.97. The third kappa shape index (κ3) is 2.94. The van der Waals surface area contributed by atoms with Crippen LogP contribution in [0.3, 0.4) is 0 Å². The van der Waals surface area contributed by atoms with Crippen molar-refractivity contribution >= 4 is 5.78 Å². The molecule has 0 bridgehead atoms. The summed E-state index contributed by atoms with van der Waals surface area (Å²) in [6, 6.07) is 12.2. The zero-order valence-electron chi connectivity index (χ0n) is 14.1. The minimum absolute atomic E-state index is 0.0796. The van der Waals surface area contributed by atoms with Gasteiger partial charge in [-0.2, -0.15) is 5.26 Å². The Morgan fingerprint density at radius 1 is 1.29 bits per heavy atom. The Morgan fingerprint density at radius 3 is 2.62 bits per heavy atom. The van der Waals surface area contributed by atoms with Crippen LogP contribution in [-0.4, -0.2) is 5.78 Å². The van der Waals surface area contributed by atoms with Crippen LogP contribution in [0.25, 0.3) is 0 Å². The van der Waals surface area contributed by atoms with Crippen molar-refractivity contribution in [3.8, 4) is 6.07 Å². The molecule has 24 heavy (non-hydrogen) atoms. The van der Waals surface area contributed by atoms with E-state index in [1.807, 2.05) is 30.3 Å². The zero-order chi connectivity index (χ0) is 17.3. The number of carbonyl (C=O) groups is 1. The van der Waals surface area contributed by atoms with Gasteiger partial charge in [0.05, 0.1) is 5.57 Å². The summed E-state index contributed by atoms with van der Waals surface area (Å²) < 4.78 is 5.72. The highest BCUT2D eigenvalue weighted by Crippen LogP contribution is 2.44. The van der Waals surface area contributed by atoms with Gasteiger partial charge in [0.1, 0.15) is 11.8 Å². The number of hydrogen-bond donors (Lipinski definition) is 1. The number of nitrogens with two attached hydrogens (primary N) is 1. The molecule has 3 rings (SSSR count). The average Bonchev–Trinajstić information content (AvgIpc) is 2.54. The van der Waals surface area contributed by atoms with Crippen LogP contribution in [0.15, 0.2) is 53.1 Å². The highest BCUT2D eigenvalue weighted by molar-refractivity contribution is 5.98. The zero-order valence-corrected chi connectivity index (χ0v) is 14.1. The summed E-state index contributed by atoms with van der Waals surface area (Å²) in [5.41, 5.74) is 8.18. The summed E-state index contributed by atoms with van der Waals surface area (Å²) in [6.07, 6.45) is 1.84. The molecule has 1 aliphatic carbocycles. The quantitative estimate of drug-likeness (QED) is 0.919. The van der Waals surface area contributed by atoms with Gasteiger partial charge in [0.15, 0.2) is 5.78 Å². The molecule has 1 heterocycles. The molecule has 2 aliphatic rings. The fraction of sp³-hybridized carbons (Fsp3) is 0.400. The molecular formula is C20H22N2O2. The Bertz CT molecular complexity index is 754. The van der Waals surface area contributed by atoms with Crippen molar-refractivity contribution in [3.05, 3.63) is 58.7 Å². The van der Waals surface area contributed by atoms with Crippen LogP contribution in [0.5, 0.6) is 0 Å². The van der Waals surface area contributed by atoms with Gasteiger partial charge in [0, 0.05) is 24.3 Å². The maximum atomic E-state index is 12.9. The van der Waals surface area contributed by atoms with E-state index in [4.69, 9.17) is 10.5 Å². The summed E-state index contributed by atoms with van der Waals surface area (Å²) in [5, 5.41) is 9.45. The molecule has 0 aromatic heterocycles. The number of rotatable bonds is 3. The second-order valence-electron chi connectivity index (χ2n) is 6.95. The van der Waals surface area contributed by atoms with E-state index in [-0.39, 0.29) is 23.5 Å². The van der Waals surface area contributed by atoms with E-state index in [9.17, 15) is 10.1 Å². The normalized spacial score (nSPS) is 23.8. The van der Waals surface area contributed by atoms with Crippen molar-refractivity contribution in [1.29, 1.82) is 5.26 Å². The standard InChI is InChI=1S/C20H22N2O2/c1-12(2)8-15-16(11-21)20(22)24-18-10-14(9-17(23)19(15)18)13-6-4-3-5-7-13/h3-7,12,14-15H,8-10,22H2,1-2H3/t14-,15-/m0/s1. The van der Waals surface area contributed by atoms with E-state index in [1.165, 1.54) is 0 Å². The van der Waals surface area contributed by atoms with E-state index < -0.39 is 0 Å². The van der Waals surface area contributed by atoms with Crippen LogP contribution >= 0.6 is 0 Å². The molecule has 1 aromatic rings. The predicted octanol–water partition coefficient (Wildman–Crippen LogP) is 3.77. The van der Waals surface area contributed by atoms with Crippen molar-refractivity contribution in [2.24, 2.45) is 17.6 Å². The van der Waals surface area contributed by atoms with Gasteiger partial charge in [0.2, 0.25) is 5.88 Å². The lowest BCUT2D eigenvalue weighted by molar-refractivity contribution is -0.117. The largest absolute Gasteiger partial charge is 0.444 e. The van der Waals surface area contributed by atoms with Gasteiger partial charge < -0.3 is 10.5 Å². The maximum absolute atomic E-state index is 12.9. The van der Waals surface area contributed by atoms with Crippen LogP contribution in [0.2, 0.25) is 0 Å². The third-order valence-corrected chi connectivity index (χ3v) is 4.76. The Hall–Kier alpha value is -2.54. The lowest BCUT2D eigenvalue weighted by atomic mass is 9.73. The van der Waals surface area contributed by atoms with E-state index in [2.05, 4.69) is 19.9 Å². The highest BCUT2D eigenvalue weighted by Gasteiger charge is 2.40. The van der Waals surface area contributed by atoms with Crippen molar-refractivity contribution < 1.29 is 9.53 Å². The van der Waals surface area contributed by atoms with Gasteiger partial charge in [-0.05, 0) is 23.8 Å². The topological polar surface area (TPSA) is 76.1 Å². The third-order valence-electron chi connectivity index (χ3n) is 4.76. The molecule has 4 nitrogen and oxygen atoms in total. The molecule has 1 aliphatic heterocycles. The summed E-state index contributed by atoms with van der Waals surface area (Å²) in [4.78, 5) is 12.9. The molecule has 0 unspecified atom stereocenters. The van der Waals surface area contributed by atoms with E-state index >= 15 is 0 Å². The summed E-state index contributed by atoms with van der Waals surface area (Å²) in [6.45, 7) is 4.17. The molecule has 2 N–H and O–H groups in total. The average molecular weight is 322 g/mol. The number of allylic oxidation sites excluding steroid dienone is 3. The maximum Gasteiger partial charge on any atom is 0.204 e. The van der Waals surface area contributed by atoms with Crippen molar-refractivity contribution in [1.82, 2.24) is 0 Å². The lowest BCUT2D eigenvalue weighted by Gasteiger charge is -2.34. The Kier molecular flexibility index (Phi) is 4.44. The molecule has 0 spiro atoms. The van der Waals surface area contributed by atoms with Crippen molar-refractivity contribution in [3.63, 3.8) is 0 Å². The highest BCUT2D eigenvalue weighted by atomic mass is 16.5. The van der Waals surface area contributed by atoms with Gasteiger partial charge in [0.25, 0.3) is 0 Å². The first-order valence-corrected chi connectivity index (χ1v) is 8.40. The number of nitrogens with zero attached hydrogens (tertiary/aromatic N) is 1. The van der Waals surface area contributed by atoms with Crippen LogP contribution < -0.4 is 5.73 Å². The second-order valence-corrected chi connectivity index (χ2v) is 6.95. The van der Waals surface area contributed by atoms with Gasteiger partial charge in [-0.15, -0.1) is 0 Å². The van der Waals surface area contributed by atoms with Gasteiger partial charge in [-0.3, -0.25) is 4.79 Å². The predicted molar refractivity (Wildman–Crippen MR) is 91.3 cm³/mol. The smallest absolute Gasteiger partial charge is 0.204 e. The molecule has 0 fully saturated rings. The first kappa shape index (κ1) is 16.3. The van der Waals surface area contributed by atoms with E-state index in [1.54, 1.807) is 0 Å². The van der Waals surface area contributed by atoms with E-state index in [0.717, 1.165) is 12.0 Å². The van der Waals surface area contributed by atoms with Gasteiger partial charge >= 0.3 is 0 Å². The molecule has 0 saturated carbocycles. The fourth-order valence-electron chi connectivity index (χ4n) is 3.69. The molecule has 0 saturated heterocycles. The fourth-order valence-corrected chi connectivity index (χ4v) is 3.69. The number of hydrogen-bond acceptors (Lipinski definition) is 4. The monoisotopic (exact) mass is 322 g/mol. The molecular weight excluding hydrogens is 300 g/mol. The first-order chi connectivity index (χ1) is 11.5. The second kappa shape index (κ2) is 6.52.